The molecule has 1 saturated heterocycles. The lowest BCUT2D eigenvalue weighted by atomic mass is 10.0. The average molecular weight is 276 g/mol. The molecule has 0 radical (unpaired) electrons. The number of carboxylic acids is 1. The zero-order valence-electron chi connectivity index (χ0n) is 11.0. The van der Waals surface area contributed by atoms with Crippen LogP contribution in [0.15, 0.2) is 0 Å². The lowest BCUT2D eigenvalue weighted by Crippen LogP contribution is -2.54. The fraction of sp³-hybridized carbons (Fsp3) is 0.818. The minimum atomic E-state index is -1.35. The summed E-state index contributed by atoms with van der Waals surface area (Å²) in [7, 11) is 1.53. The molecule has 0 aromatic heterocycles. The van der Waals surface area contributed by atoms with Crippen molar-refractivity contribution >= 4 is 12.0 Å². The second-order valence-electron chi connectivity index (χ2n) is 4.57. The van der Waals surface area contributed by atoms with Gasteiger partial charge in [0, 0.05) is 20.1 Å². The van der Waals surface area contributed by atoms with E-state index in [4.69, 9.17) is 14.6 Å². The number of aliphatic hydroxyl groups excluding tert-OH is 1. The summed E-state index contributed by atoms with van der Waals surface area (Å²) in [6, 6.07) is -2.02. The van der Waals surface area contributed by atoms with Crippen LogP contribution in [0.2, 0.25) is 0 Å². The minimum Gasteiger partial charge on any atom is -0.480 e. The zero-order valence-corrected chi connectivity index (χ0v) is 11.0. The number of carboxylic acid groups (broad SMARTS) is 1. The van der Waals surface area contributed by atoms with Crippen LogP contribution in [0.5, 0.6) is 0 Å². The van der Waals surface area contributed by atoms with Crippen LogP contribution in [0.4, 0.5) is 4.79 Å². The third-order valence-electron chi connectivity index (χ3n) is 3.11. The molecule has 3 atom stereocenters. The molecule has 110 valence electrons. The predicted octanol–water partition coefficient (Wildman–Crippen LogP) is -1.07. The Morgan fingerprint density at radius 2 is 2.21 bits per heavy atom. The maximum atomic E-state index is 11.6. The van der Waals surface area contributed by atoms with Crippen LogP contribution in [0, 0.1) is 0 Å². The van der Waals surface area contributed by atoms with E-state index in [1.807, 2.05) is 0 Å². The topological polar surface area (TPSA) is 117 Å². The number of hydrogen-bond donors (Lipinski definition) is 4. The van der Waals surface area contributed by atoms with Crippen LogP contribution >= 0.6 is 0 Å². The summed E-state index contributed by atoms with van der Waals surface area (Å²) in [6.07, 6.45) is -0.530. The van der Waals surface area contributed by atoms with Gasteiger partial charge in [-0.15, -0.1) is 0 Å². The van der Waals surface area contributed by atoms with Gasteiger partial charge in [0.15, 0.2) is 6.04 Å². The molecule has 8 heteroatoms. The van der Waals surface area contributed by atoms with E-state index in [0.717, 1.165) is 0 Å². The Balaban J connectivity index is 2.44. The van der Waals surface area contributed by atoms with Crippen LogP contribution in [0.25, 0.3) is 0 Å². The number of carbonyl (C=O) groups excluding carboxylic acids is 1. The predicted molar refractivity (Wildman–Crippen MR) is 64.8 cm³/mol. The van der Waals surface area contributed by atoms with Crippen molar-refractivity contribution in [2.45, 2.75) is 31.1 Å². The summed E-state index contributed by atoms with van der Waals surface area (Å²) in [5, 5.41) is 22.8. The molecule has 0 spiro atoms. The third-order valence-corrected chi connectivity index (χ3v) is 3.11. The van der Waals surface area contributed by atoms with Crippen molar-refractivity contribution in [2.24, 2.45) is 0 Å². The number of methoxy groups -OCH3 is 1. The smallest absolute Gasteiger partial charge is 0.328 e. The molecule has 0 aromatic carbocycles. The number of rotatable bonds is 6. The standard InChI is InChI=1S/C11H20N2O6/c1-7(14)8(9(15)16)13-10(17)12-5-11(18-2)3-4-19-6-11/h7-8,14H,3-6H2,1-2H3,(H,15,16)(H2,12,13,17). The highest BCUT2D eigenvalue weighted by Crippen LogP contribution is 2.21. The van der Waals surface area contributed by atoms with Crippen LogP contribution < -0.4 is 10.6 Å². The van der Waals surface area contributed by atoms with Crippen molar-refractivity contribution in [2.75, 3.05) is 26.9 Å². The summed E-state index contributed by atoms with van der Waals surface area (Å²) in [5.41, 5.74) is -0.569. The number of amides is 2. The molecular formula is C11H20N2O6. The number of aliphatic hydroxyl groups is 1. The molecule has 0 saturated carbocycles. The Hall–Kier alpha value is -1.38. The monoisotopic (exact) mass is 276 g/mol. The van der Waals surface area contributed by atoms with Crippen LogP contribution in [-0.4, -0.2) is 66.8 Å². The first kappa shape index (κ1) is 15.7. The largest absolute Gasteiger partial charge is 0.480 e. The fourth-order valence-corrected chi connectivity index (χ4v) is 1.78. The number of hydrogen-bond acceptors (Lipinski definition) is 5. The minimum absolute atomic E-state index is 0.210. The van der Waals surface area contributed by atoms with Gasteiger partial charge in [0.05, 0.1) is 19.3 Å². The highest BCUT2D eigenvalue weighted by atomic mass is 16.5. The Kier molecular flexibility index (Phi) is 5.52. The first-order valence-corrected chi connectivity index (χ1v) is 5.98. The highest BCUT2D eigenvalue weighted by Gasteiger charge is 2.35. The molecule has 1 rings (SSSR count). The van der Waals surface area contributed by atoms with Crippen LogP contribution in [0.1, 0.15) is 13.3 Å². The molecule has 4 N–H and O–H groups in total. The van der Waals surface area contributed by atoms with Crippen molar-refractivity contribution in [3.63, 3.8) is 0 Å². The molecule has 2 amide bonds. The van der Waals surface area contributed by atoms with Gasteiger partial charge in [-0.2, -0.15) is 0 Å². The van der Waals surface area contributed by atoms with Crippen molar-refractivity contribution in [1.82, 2.24) is 10.6 Å². The van der Waals surface area contributed by atoms with Crippen molar-refractivity contribution in [1.29, 1.82) is 0 Å². The van der Waals surface area contributed by atoms with Crippen LogP contribution in [0.3, 0.4) is 0 Å². The van der Waals surface area contributed by atoms with E-state index in [1.165, 1.54) is 14.0 Å². The SMILES string of the molecule is COC1(CNC(=O)NC(C(=O)O)C(C)O)CCOC1. The molecule has 8 nitrogen and oxygen atoms in total. The van der Waals surface area contributed by atoms with Crippen molar-refractivity contribution in [3.05, 3.63) is 0 Å². The molecule has 3 unspecified atom stereocenters. The average Bonchev–Trinajstić information content (AvgIpc) is 2.82. The lowest BCUT2D eigenvalue weighted by molar-refractivity contribution is -0.141. The van der Waals surface area contributed by atoms with Gasteiger partial charge in [-0.3, -0.25) is 0 Å². The van der Waals surface area contributed by atoms with Gasteiger partial charge in [-0.25, -0.2) is 9.59 Å². The molecule has 1 heterocycles. The Morgan fingerprint density at radius 3 is 2.63 bits per heavy atom. The molecule has 1 aliphatic rings. The molecule has 1 fully saturated rings. The number of ether oxygens (including phenoxy) is 2. The first-order valence-electron chi connectivity index (χ1n) is 5.98. The van der Waals surface area contributed by atoms with E-state index >= 15 is 0 Å². The molecule has 0 aromatic rings. The summed E-state index contributed by atoms with van der Waals surface area (Å²) in [4.78, 5) is 22.4. The van der Waals surface area contributed by atoms with Gasteiger partial charge < -0.3 is 30.3 Å². The summed E-state index contributed by atoms with van der Waals surface area (Å²) in [6.45, 7) is 2.44. The lowest BCUT2D eigenvalue weighted by Gasteiger charge is -2.26. The number of urea groups is 1. The summed E-state index contributed by atoms with van der Waals surface area (Å²) >= 11 is 0. The molecule has 0 bridgehead atoms. The van der Waals surface area contributed by atoms with Gasteiger partial charge in [-0.05, 0) is 6.92 Å². The van der Waals surface area contributed by atoms with Gasteiger partial charge in [0.2, 0.25) is 0 Å². The van der Waals surface area contributed by atoms with E-state index < -0.39 is 29.7 Å². The summed E-state index contributed by atoms with van der Waals surface area (Å²) < 4.78 is 10.5. The normalized spacial score (nSPS) is 25.6. The number of aliphatic carboxylic acids is 1. The summed E-state index contributed by atoms with van der Waals surface area (Å²) in [5.74, 6) is -1.30. The van der Waals surface area contributed by atoms with Crippen molar-refractivity contribution < 1.29 is 29.3 Å². The molecule has 0 aliphatic carbocycles. The maximum Gasteiger partial charge on any atom is 0.328 e. The highest BCUT2D eigenvalue weighted by molar-refractivity contribution is 5.82. The second kappa shape index (κ2) is 6.69. The van der Waals surface area contributed by atoms with Crippen LogP contribution in [-0.2, 0) is 14.3 Å². The molecule has 1 aliphatic heterocycles. The van der Waals surface area contributed by atoms with E-state index in [0.29, 0.717) is 19.6 Å². The Morgan fingerprint density at radius 1 is 1.53 bits per heavy atom. The third kappa shape index (κ3) is 4.34. The van der Waals surface area contributed by atoms with E-state index in [9.17, 15) is 14.7 Å². The quantitative estimate of drug-likeness (QED) is 0.490. The Labute approximate surface area is 111 Å². The second-order valence-corrected chi connectivity index (χ2v) is 4.57. The van der Waals surface area contributed by atoms with Gasteiger partial charge in [0.25, 0.3) is 0 Å². The molecule has 19 heavy (non-hydrogen) atoms. The molecular weight excluding hydrogens is 256 g/mol. The number of nitrogens with one attached hydrogen (secondary N) is 2. The van der Waals surface area contributed by atoms with E-state index in [2.05, 4.69) is 10.6 Å². The van der Waals surface area contributed by atoms with Gasteiger partial charge in [-0.1, -0.05) is 0 Å². The Bertz CT molecular complexity index is 327. The van der Waals surface area contributed by atoms with Crippen molar-refractivity contribution in [3.8, 4) is 0 Å². The zero-order chi connectivity index (χ0) is 14.5. The first-order chi connectivity index (χ1) is 8.90. The van der Waals surface area contributed by atoms with Gasteiger partial charge in [0.1, 0.15) is 5.60 Å². The van der Waals surface area contributed by atoms with Gasteiger partial charge >= 0.3 is 12.0 Å². The van der Waals surface area contributed by atoms with E-state index in [1.54, 1.807) is 0 Å². The number of carbonyl (C=O) groups is 2. The fourth-order valence-electron chi connectivity index (χ4n) is 1.78. The maximum absolute atomic E-state index is 11.6. The van der Waals surface area contributed by atoms with E-state index in [-0.39, 0.29) is 6.54 Å².